The summed E-state index contributed by atoms with van der Waals surface area (Å²) in [6.45, 7) is 2.63. The lowest BCUT2D eigenvalue weighted by molar-refractivity contribution is -0.164. The molecule has 6 atom stereocenters. The zero-order valence-electron chi connectivity index (χ0n) is 15.8. The van der Waals surface area contributed by atoms with E-state index in [4.69, 9.17) is 14.5 Å². The van der Waals surface area contributed by atoms with Crippen molar-refractivity contribution in [2.24, 2.45) is 10.4 Å². The van der Waals surface area contributed by atoms with E-state index in [-0.39, 0.29) is 24.5 Å². The Morgan fingerprint density at radius 3 is 2.96 bits per heavy atom. The molecule has 1 aromatic rings. The maximum Gasteiger partial charge on any atom is 0.343 e. The molecule has 3 saturated heterocycles. The molecule has 0 radical (unpaired) electrons. The summed E-state index contributed by atoms with van der Waals surface area (Å²) in [6, 6.07) is 7.61. The summed E-state index contributed by atoms with van der Waals surface area (Å²) in [5, 5.41) is 11.8. The maximum absolute atomic E-state index is 13.0. The number of nitrogens with zero attached hydrogens (tertiary/aromatic N) is 2. The monoisotopic (exact) mass is 382 g/mol. The lowest BCUT2D eigenvalue weighted by Crippen LogP contribution is -2.73. The smallest absolute Gasteiger partial charge is 0.343 e. The first kappa shape index (κ1) is 16.7. The van der Waals surface area contributed by atoms with E-state index < -0.39 is 28.5 Å². The highest BCUT2D eigenvalue weighted by atomic mass is 16.6. The molecule has 28 heavy (non-hydrogen) atoms. The molecule has 1 aliphatic carbocycles. The Bertz CT molecular complexity index is 975. The van der Waals surface area contributed by atoms with Gasteiger partial charge < -0.3 is 19.5 Å². The molecule has 1 saturated carbocycles. The highest BCUT2D eigenvalue weighted by molar-refractivity contribution is 6.19. The van der Waals surface area contributed by atoms with Crippen LogP contribution in [0.25, 0.3) is 0 Å². The quantitative estimate of drug-likeness (QED) is 0.611. The Balaban J connectivity index is 1.67. The molecule has 4 heterocycles. The van der Waals surface area contributed by atoms with Crippen LogP contribution in [0.4, 0.5) is 5.69 Å². The number of carbonyl (C=O) groups is 2. The minimum atomic E-state index is -1.83. The number of aliphatic imine (C=N–C) groups is 1. The Morgan fingerprint density at radius 1 is 1.43 bits per heavy atom. The molecule has 5 aliphatic rings. The van der Waals surface area contributed by atoms with Gasteiger partial charge in [0, 0.05) is 18.4 Å². The second-order valence-corrected chi connectivity index (χ2v) is 8.73. The van der Waals surface area contributed by atoms with E-state index in [9.17, 15) is 14.7 Å². The van der Waals surface area contributed by atoms with Crippen LogP contribution in [0.2, 0.25) is 0 Å². The van der Waals surface area contributed by atoms with Crippen LogP contribution in [0.1, 0.15) is 31.7 Å². The predicted molar refractivity (Wildman–Crippen MR) is 98.3 cm³/mol. The van der Waals surface area contributed by atoms with Gasteiger partial charge in [-0.05, 0) is 24.5 Å². The first-order chi connectivity index (χ1) is 13.4. The number of methoxy groups -OCH3 is 1. The van der Waals surface area contributed by atoms with Crippen LogP contribution in [0, 0.1) is 5.41 Å². The fourth-order valence-corrected chi connectivity index (χ4v) is 6.83. The van der Waals surface area contributed by atoms with E-state index in [1.807, 2.05) is 29.2 Å². The Labute approximate surface area is 162 Å². The lowest BCUT2D eigenvalue weighted by atomic mass is 9.49. The number of hydrogen-bond acceptors (Lipinski definition) is 6. The molecule has 1 spiro atoms. The van der Waals surface area contributed by atoms with Crippen molar-refractivity contribution >= 4 is 23.3 Å². The minimum absolute atomic E-state index is 0.0307. The molecule has 6 rings (SSSR count). The third kappa shape index (κ3) is 1.53. The number of fused-ring (bicyclic) bond motifs is 3. The van der Waals surface area contributed by atoms with Crippen molar-refractivity contribution in [1.82, 2.24) is 4.90 Å². The number of amides is 1. The number of esters is 1. The molecular formula is C21H22N2O5. The summed E-state index contributed by atoms with van der Waals surface area (Å²) < 4.78 is 10.9. The van der Waals surface area contributed by atoms with Crippen LogP contribution < -0.4 is 0 Å². The molecule has 1 aromatic carbocycles. The molecule has 4 fully saturated rings. The number of rotatable bonds is 2. The molecule has 0 bridgehead atoms. The first-order valence-corrected chi connectivity index (χ1v) is 9.90. The molecule has 0 aromatic heterocycles. The summed E-state index contributed by atoms with van der Waals surface area (Å²) in [6.07, 6.45) is 0.766. The average molecular weight is 382 g/mol. The van der Waals surface area contributed by atoms with Gasteiger partial charge in [-0.3, -0.25) is 9.79 Å². The molecule has 4 aliphatic heterocycles. The third-order valence-electron chi connectivity index (χ3n) is 7.85. The fourth-order valence-electron chi connectivity index (χ4n) is 6.83. The normalized spacial score (nSPS) is 44.2. The molecule has 6 unspecified atom stereocenters. The first-order valence-electron chi connectivity index (χ1n) is 9.90. The number of epoxide rings is 1. The largest absolute Gasteiger partial charge is 0.467 e. The molecule has 1 N–H and O–H groups in total. The summed E-state index contributed by atoms with van der Waals surface area (Å²) in [5.41, 5.74) is -0.831. The Kier molecular flexibility index (Phi) is 2.88. The summed E-state index contributed by atoms with van der Waals surface area (Å²) >= 11 is 0. The molecule has 146 valence electrons. The van der Waals surface area contributed by atoms with Gasteiger partial charge in [-0.2, -0.15) is 0 Å². The van der Waals surface area contributed by atoms with Gasteiger partial charge in [0.15, 0.2) is 6.10 Å². The van der Waals surface area contributed by atoms with Crippen molar-refractivity contribution in [2.75, 3.05) is 13.7 Å². The highest BCUT2D eigenvalue weighted by Gasteiger charge is 2.80. The highest BCUT2D eigenvalue weighted by Crippen LogP contribution is 2.68. The third-order valence-corrected chi connectivity index (χ3v) is 7.85. The SMILES string of the molecule is CCC12CC(O)(C(=O)OC)C3=Nc4ccccc4C34CCN(C(=O)C3OC31)C42. The van der Waals surface area contributed by atoms with Crippen LogP contribution in [-0.4, -0.2) is 65.1 Å². The van der Waals surface area contributed by atoms with Gasteiger partial charge in [-0.1, -0.05) is 25.1 Å². The Morgan fingerprint density at radius 2 is 2.21 bits per heavy atom. The molecule has 7 nitrogen and oxygen atoms in total. The van der Waals surface area contributed by atoms with Gasteiger partial charge in [0.2, 0.25) is 5.60 Å². The van der Waals surface area contributed by atoms with Gasteiger partial charge >= 0.3 is 5.97 Å². The minimum Gasteiger partial charge on any atom is -0.467 e. The lowest BCUT2D eigenvalue weighted by Gasteiger charge is -2.57. The number of ether oxygens (including phenoxy) is 2. The van der Waals surface area contributed by atoms with E-state index >= 15 is 0 Å². The fraction of sp³-hybridized carbons (Fsp3) is 0.571. The number of para-hydroxylation sites is 1. The number of piperidine rings is 1. The second kappa shape index (κ2) is 4.83. The van der Waals surface area contributed by atoms with E-state index in [0.29, 0.717) is 25.1 Å². The standard InChI is InChI=1S/C21H22N2O5/c1-3-19-10-21(26,18(25)27-2)16-20(11-6-4-5-7-12(11)22-16)8-9-23(17(19)20)15(24)13-14(19)28-13/h4-7,13-14,17,26H,3,8-10H2,1-2H3. The van der Waals surface area contributed by atoms with Crippen LogP contribution >= 0.6 is 0 Å². The molecule has 7 heteroatoms. The van der Waals surface area contributed by atoms with Crippen molar-refractivity contribution in [3.05, 3.63) is 29.8 Å². The topological polar surface area (TPSA) is 91.7 Å². The summed E-state index contributed by atoms with van der Waals surface area (Å²) in [4.78, 5) is 32.6. The van der Waals surface area contributed by atoms with Crippen molar-refractivity contribution in [3.8, 4) is 0 Å². The van der Waals surface area contributed by atoms with Crippen LogP contribution in [0.5, 0.6) is 0 Å². The second-order valence-electron chi connectivity index (χ2n) is 8.73. The van der Waals surface area contributed by atoms with Gasteiger partial charge in [0.05, 0.1) is 30.0 Å². The van der Waals surface area contributed by atoms with Crippen LogP contribution in [0.3, 0.4) is 0 Å². The van der Waals surface area contributed by atoms with Crippen molar-refractivity contribution < 1.29 is 24.2 Å². The van der Waals surface area contributed by atoms with Crippen molar-refractivity contribution in [3.63, 3.8) is 0 Å². The summed E-state index contributed by atoms with van der Waals surface area (Å²) in [5.74, 6) is -0.652. The van der Waals surface area contributed by atoms with Crippen molar-refractivity contribution in [1.29, 1.82) is 0 Å². The average Bonchev–Trinajstić information content (AvgIpc) is 3.33. The number of benzene rings is 1. The Hall–Kier alpha value is -2.25. The van der Waals surface area contributed by atoms with E-state index in [1.54, 1.807) is 0 Å². The van der Waals surface area contributed by atoms with E-state index in [1.165, 1.54) is 7.11 Å². The predicted octanol–water partition coefficient (Wildman–Crippen LogP) is 1.10. The zero-order valence-corrected chi connectivity index (χ0v) is 15.8. The van der Waals surface area contributed by atoms with Gasteiger partial charge in [-0.15, -0.1) is 0 Å². The molecule has 1 amide bonds. The number of hydrogen-bond donors (Lipinski definition) is 1. The molecular weight excluding hydrogens is 360 g/mol. The number of carbonyl (C=O) groups excluding carboxylic acids is 2. The maximum atomic E-state index is 13.0. The number of aliphatic hydroxyl groups is 1. The van der Waals surface area contributed by atoms with Gasteiger partial charge in [-0.25, -0.2) is 4.79 Å². The van der Waals surface area contributed by atoms with E-state index in [0.717, 1.165) is 11.3 Å². The van der Waals surface area contributed by atoms with Gasteiger partial charge in [0.1, 0.15) is 6.10 Å². The van der Waals surface area contributed by atoms with Crippen molar-refractivity contribution in [2.45, 2.75) is 55.5 Å². The zero-order chi connectivity index (χ0) is 19.5. The van der Waals surface area contributed by atoms with E-state index in [2.05, 4.69) is 6.92 Å². The van der Waals surface area contributed by atoms with Crippen LogP contribution in [0.15, 0.2) is 29.3 Å². The van der Waals surface area contributed by atoms with Crippen LogP contribution in [-0.2, 0) is 24.5 Å². The van der Waals surface area contributed by atoms with Gasteiger partial charge in [0.25, 0.3) is 5.91 Å². The summed E-state index contributed by atoms with van der Waals surface area (Å²) in [7, 11) is 1.29.